The van der Waals surface area contributed by atoms with Crippen molar-refractivity contribution in [1.82, 2.24) is 4.98 Å². The van der Waals surface area contributed by atoms with Crippen LogP contribution < -0.4 is 9.80 Å². The van der Waals surface area contributed by atoms with Gasteiger partial charge in [0, 0.05) is 10.5 Å². The SMILES string of the molecule is CSc1cccc2sc(N(CC[NH+](C)C)C(=O)c3ccc(C#N)cc3)nc12. The first kappa shape index (κ1) is 19.4. The molecule has 0 saturated carbocycles. The number of hydrogen-bond donors (Lipinski definition) is 1. The van der Waals surface area contributed by atoms with Gasteiger partial charge in [-0.2, -0.15) is 5.26 Å². The summed E-state index contributed by atoms with van der Waals surface area (Å²) in [4.78, 5) is 22.1. The van der Waals surface area contributed by atoms with Crippen LogP contribution in [0.1, 0.15) is 15.9 Å². The number of thioether (sulfide) groups is 1. The van der Waals surface area contributed by atoms with E-state index in [1.165, 1.54) is 16.2 Å². The number of benzene rings is 2. The fraction of sp³-hybridized carbons (Fsp3) is 0.250. The van der Waals surface area contributed by atoms with Gasteiger partial charge in [-0.25, -0.2) is 4.98 Å². The minimum absolute atomic E-state index is 0.0921. The lowest BCUT2D eigenvalue weighted by Crippen LogP contribution is -3.06. The van der Waals surface area contributed by atoms with E-state index in [1.54, 1.807) is 40.9 Å². The number of likely N-dealkylation sites (N-methyl/N-ethyl adjacent to an activating group) is 1. The fourth-order valence-corrected chi connectivity index (χ4v) is 4.30. The summed E-state index contributed by atoms with van der Waals surface area (Å²) in [6, 6.07) is 15.0. The van der Waals surface area contributed by atoms with Gasteiger partial charge in [0.2, 0.25) is 0 Å². The molecule has 0 unspecified atom stereocenters. The van der Waals surface area contributed by atoms with Crippen molar-refractivity contribution in [3.63, 3.8) is 0 Å². The normalized spacial score (nSPS) is 10.9. The van der Waals surface area contributed by atoms with Gasteiger partial charge in [0.25, 0.3) is 5.91 Å². The van der Waals surface area contributed by atoms with Crippen LogP contribution in [0.2, 0.25) is 0 Å². The molecule has 0 aliphatic heterocycles. The summed E-state index contributed by atoms with van der Waals surface area (Å²) < 4.78 is 1.08. The third kappa shape index (κ3) is 4.30. The second-order valence-corrected chi connectivity index (χ2v) is 8.26. The van der Waals surface area contributed by atoms with Crippen LogP contribution >= 0.6 is 23.1 Å². The summed E-state index contributed by atoms with van der Waals surface area (Å²) in [7, 11) is 4.13. The number of aromatic nitrogens is 1. The molecule has 138 valence electrons. The van der Waals surface area contributed by atoms with Gasteiger partial charge in [-0.15, -0.1) is 11.8 Å². The maximum absolute atomic E-state index is 13.2. The molecule has 0 atom stereocenters. The van der Waals surface area contributed by atoms with E-state index in [0.29, 0.717) is 22.8 Å². The minimum atomic E-state index is -0.0921. The summed E-state index contributed by atoms with van der Waals surface area (Å²) in [5, 5.41) is 9.68. The highest BCUT2D eigenvalue weighted by molar-refractivity contribution is 7.98. The van der Waals surface area contributed by atoms with Crippen molar-refractivity contribution in [2.45, 2.75) is 4.90 Å². The molecule has 0 saturated heterocycles. The molecule has 1 aromatic heterocycles. The highest BCUT2D eigenvalue weighted by Gasteiger charge is 2.22. The summed E-state index contributed by atoms with van der Waals surface area (Å²) in [6.07, 6.45) is 2.03. The number of quaternary nitrogens is 1. The van der Waals surface area contributed by atoms with Crippen molar-refractivity contribution >= 4 is 44.4 Å². The number of carbonyl (C=O) groups is 1. The van der Waals surface area contributed by atoms with Crippen LogP contribution in [-0.4, -0.2) is 44.3 Å². The highest BCUT2D eigenvalue weighted by Crippen LogP contribution is 2.34. The van der Waals surface area contributed by atoms with Gasteiger partial charge in [0.1, 0.15) is 0 Å². The first-order chi connectivity index (χ1) is 13.0. The van der Waals surface area contributed by atoms with Crippen LogP contribution in [0.5, 0.6) is 0 Å². The van der Waals surface area contributed by atoms with Crippen molar-refractivity contribution in [3.8, 4) is 6.07 Å². The largest absolute Gasteiger partial charge is 0.338 e. The number of para-hydroxylation sites is 1. The van der Waals surface area contributed by atoms with Crippen molar-refractivity contribution < 1.29 is 9.69 Å². The number of carbonyl (C=O) groups excluding carboxylic acids is 1. The van der Waals surface area contributed by atoms with Crippen LogP contribution in [0.4, 0.5) is 5.13 Å². The Morgan fingerprint density at radius 1 is 1.26 bits per heavy atom. The molecular formula is C20H21N4OS2+. The van der Waals surface area contributed by atoms with Crippen LogP contribution in [0.3, 0.4) is 0 Å². The summed E-state index contributed by atoms with van der Waals surface area (Å²) in [5.74, 6) is -0.0921. The van der Waals surface area contributed by atoms with Crippen molar-refractivity contribution in [2.75, 3.05) is 38.3 Å². The van der Waals surface area contributed by atoms with Crippen molar-refractivity contribution in [2.24, 2.45) is 0 Å². The lowest BCUT2D eigenvalue weighted by atomic mass is 10.1. The van der Waals surface area contributed by atoms with Gasteiger partial charge < -0.3 is 4.90 Å². The second kappa shape index (κ2) is 8.53. The third-order valence-corrected chi connectivity index (χ3v) is 5.98. The molecule has 0 aliphatic rings. The van der Waals surface area contributed by atoms with Gasteiger partial charge in [-0.05, 0) is 42.7 Å². The number of hydrogen-bond acceptors (Lipinski definition) is 5. The number of amides is 1. The lowest BCUT2D eigenvalue weighted by molar-refractivity contribution is -0.856. The number of thiazole rings is 1. The molecule has 0 radical (unpaired) electrons. The monoisotopic (exact) mass is 397 g/mol. The zero-order valence-corrected chi connectivity index (χ0v) is 17.2. The third-order valence-electron chi connectivity index (χ3n) is 4.16. The van der Waals surface area contributed by atoms with Gasteiger partial charge in [-0.1, -0.05) is 17.4 Å². The number of anilines is 1. The molecule has 3 rings (SSSR count). The van der Waals surface area contributed by atoms with Gasteiger partial charge >= 0.3 is 0 Å². The van der Waals surface area contributed by atoms with Crippen molar-refractivity contribution in [1.29, 1.82) is 5.26 Å². The summed E-state index contributed by atoms with van der Waals surface area (Å²) >= 11 is 3.19. The van der Waals surface area contributed by atoms with E-state index in [9.17, 15) is 4.79 Å². The van der Waals surface area contributed by atoms with Crippen LogP contribution in [0.25, 0.3) is 10.2 Å². The first-order valence-electron chi connectivity index (χ1n) is 8.58. The zero-order valence-electron chi connectivity index (χ0n) is 15.5. The molecule has 1 heterocycles. The smallest absolute Gasteiger partial charge is 0.260 e. The Bertz CT molecular complexity index is 989. The van der Waals surface area contributed by atoms with Crippen molar-refractivity contribution in [3.05, 3.63) is 53.6 Å². The molecule has 7 heteroatoms. The van der Waals surface area contributed by atoms with E-state index in [-0.39, 0.29) is 5.91 Å². The van der Waals surface area contributed by atoms with E-state index in [0.717, 1.165) is 21.7 Å². The summed E-state index contributed by atoms with van der Waals surface area (Å²) in [6.45, 7) is 1.39. The number of nitriles is 1. The average molecular weight is 398 g/mol. The first-order valence-corrected chi connectivity index (χ1v) is 10.6. The van der Waals surface area contributed by atoms with Crippen LogP contribution in [0, 0.1) is 11.3 Å². The van der Waals surface area contributed by atoms with Crippen LogP contribution in [-0.2, 0) is 0 Å². The number of fused-ring (bicyclic) bond motifs is 1. The lowest BCUT2D eigenvalue weighted by Gasteiger charge is -2.20. The Labute approximate surface area is 167 Å². The Kier molecular flexibility index (Phi) is 6.11. The molecule has 2 aromatic carbocycles. The number of rotatable bonds is 6. The summed E-state index contributed by atoms with van der Waals surface area (Å²) in [5.41, 5.74) is 2.05. The molecule has 5 nitrogen and oxygen atoms in total. The number of nitrogens with one attached hydrogen (secondary N) is 1. The van der Waals surface area contributed by atoms with Gasteiger partial charge in [-0.3, -0.25) is 9.69 Å². The molecule has 3 aromatic rings. The van der Waals surface area contributed by atoms with Crippen LogP contribution in [0.15, 0.2) is 47.4 Å². The zero-order chi connectivity index (χ0) is 19.4. The number of nitrogens with zero attached hydrogens (tertiary/aromatic N) is 3. The Hall–Kier alpha value is -2.40. The Morgan fingerprint density at radius 2 is 2.00 bits per heavy atom. The second-order valence-electron chi connectivity index (χ2n) is 6.41. The van der Waals surface area contributed by atoms with Gasteiger partial charge in [0.15, 0.2) is 5.13 Å². The topological polar surface area (TPSA) is 61.4 Å². The van der Waals surface area contributed by atoms with E-state index >= 15 is 0 Å². The van der Waals surface area contributed by atoms with E-state index < -0.39 is 0 Å². The predicted octanol–water partition coefficient (Wildman–Crippen LogP) is 2.68. The molecule has 1 amide bonds. The Balaban J connectivity index is 2.00. The fourth-order valence-electron chi connectivity index (χ4n) is 2.65. The maximum Gasteiger partial charge on any atom is 0.260 e. The molecule has 27 heavy (non-hydrogen) atoms. The molecule has 1 N–H and O–H groups in total. The molecule has 0 aliphatic carbocycles. The quantitative estimate of drug-likeness (QED) is 0.650. The predicted molar refractivity (Wildman–Crippen MR) is 112 cm³/mol. The average Bonchev–Trinajstić information content (AvgIpc) is 3.11. The molecule has 0 spiro atoms. The molecular weight excluding hydrogens is 376 g/mol. The minimum Gasteiger partial charge on any atom is -0.338 e. The van der Waals surface area contributed by atoms with E-state index in [4.69, 9.17) is 10.2 Å². The van der Waals surface area contributed by atoms with E-state index in [1.807, 2.05) is 24.5 Å². The van der Waals surface area contributed by atoms with Gasteiger partial charge in [0.05, 0.1) is 49.0 Å². The van der Waals surface area contributed by atoms with E-state index in [2.05, 4.69) is 20.2 Å². The highest BCUT2D eigenvalue weighted by atomic mass is 32.2. The Morgan fingerprint density at radius 3 is 2.63 bits per heavy atom. The maximum atomic E-state index is 13.2. The molecule has 0 bridgehead atoms. The molecule has 0 fully saturated rings. The standard InChI is InChI=1S/C20H20N4OS2/c1-23(2)11-12-24(19(25)15-9-7-14(13-21)8-10-15)20-22-18-16(26-3)5-4-6-17(18)27-20/h4-10H,11-12H2,1-3H3/p+1.